The molecule has 1 aromatic heterocycles. The molecule has 3 aromatic rings. The van der Waals surface area contributed by atoms with Crippen molar-refractivity contribution in [3.8, 4) is 0 Å². The van der Waals surface area contributed by atoms with E-state index in [0.717, 1.165) is 11.8 Å². The summed E-state index contributed by atoms with van der Waals surface area (Å²) >= 11 is 1.11. The molecular formula is C17H10FN3O2S. The summed E-state index contributed by atoms with van der Waals surface area (Å²) in [6.07, 6.45) is 1.49. The molecule has 1 amide bonds. The average Bonchev–Trinajstić information content (AvgIpc) is 3.12. The van der Waals surface area contributed by atoms with Crippen molar-refractivity contribution in [2.24, 2.45) is 4.99 Å². The predicted octanol–water partition coefficient (Wildman–Crippen LogP) is 3.86. The van der Waals surface area contributed by atoms with Gasteiger partial charge in [0, 0.05) is 5.56 Å². The Morgan fingerprint density at radius 3 is 2.79 bits per heavy atom. The summed E-state index contributed by atoms with van der Waals surface area (Å²) in [5.74, 6) is -0.721. The van der Waals surface area contributed by atoms with Crippen LogP contribution in [0, 0.1) is 5.82 Å². The molecule has 0 bridgehead atoms. The summed E-state index contributed by atoms with van der Waals surface area (Å²) in [6, 6.07) is 13.7. The van der Waals surface area contributed by atoms with E-state index in [2.05, 4.69) is 15.3 Å². The summed E-state index contributed by atoms with van der Waals surface area (Å²) in [6.45, 7) is 0. The van der Waals surface area contributed by atoms with E-state index in [9.17, 15) is 9.18 Å². The van der Waals surface area contributed by atoms with Crippen LogP contribution in [0.1, 0.15) is 5.56 Å². The Balaban J connectivity index is 1.62. The highest BCUT2D eigenvalue weighted by Gasteiger charge is 2.24. The highest BCUT2D eigenvalue weighted by Crippen LogP contribution is 2.29. The minimum Gasteiger partial charge on any atom is -0.422 e. The number of carbonyl (C=O) groups excluding carboxylic acids is 1. The lowest BCUT2D eigenvalue weighted by Crippen LogP contribution is -2.19. The summed E-state index contributed by atoms with van der Waals surface area (Å²) in [7, 11) is 0. The molecule has 1 saturated heterocycles. The summed E-state index contributed by atoms with van der Waals surface area (Å²) in [5.41, 5.74) is 1.65. The lowest BCUT2D eigenvalue weighted by Gasteiger charge is -1.96. The van der Waals surface area contributed by atoms with Crippen LogP contribution in [0.25, 0.3) is 17.2 Å². The van der Waals surface area contributed by atoms with Gasteiger partial charge in [0.1, 0.15) is 11.3 Å². The Kier molecular flexibility index (Phi) is 3.62. The summed E-state index contributed by atoms with van der Waals surface area (Å²) < 4.78 is 19.2. The van der Waals surface area contributed by atoms with Gasteiger partial charge in [-0.15, -0.1) is 0 Å². The molecule has 0 spiro atoms. The summed E-state index contributed by atoms with van der Waals surface area (Å²) in [4.78, 5) is 20.8. The number of rotatable bonds is 2. The number of amidine groups is 1. The molecule has 0 saturated carbocycles. The van der Waals surface area contributed by atoms with E-state index in [0.29, 0.717) is 26.7 Å². The lowest BCUT2D eigenvalue weighted by atomic mass is 10.2. The Labute approximate surface area is 140 Å². The maximum absolute atomic E-state index is 13.7. The Morgan fingerprint density at radius 1 is 1.17 bits per heavy atom. The highest BCUT2D eigenvalue weighted by atomic mass is 32.2. The lowest BCUT2D eigenvalue weighted by molar-refractivity contribution is -0.115. The van der Waals surface area contributed by atoms with Crippen molar-refractivity contribution in [3.05, 3.63) is 64.8 Å². The zero-order valence-corrected chi connectivity index (χ0v) is 13.0. The van der Waals surface area contributed by atoms with Crippen molar-refractivity contribution in [1.82, 2.24) is 10.3 Å². The van der Waals surface area contributed by atoms with Gasteiger partial charge in [-0.2, -0.15) is 9.98 Å². The first-order valence-electron chi connectivity index (χ1n) is 7.09. The van der Waals surface area contributed by atoms with Crippen molar-refractivity contribution >= 4 is 46.0 Å². The van der Waals surface area contributed by atoms with Gasteiger partial charge in [0.15, 0.2) is 10.8 Å². The van der Waals surface area contributed by atoms with Crippen molar-refractivity contribution in [2.45, 2.75) is 0 Å². The molecule has 1 N–H and O–H groups in total. The number of para-hydroxylation sites is 2. The molecule has 7 heteroatoms. The van der Waals surface area contributed by atoms with Crippen LogP contribution in [0.3, 0.4) is 0 Å². The van der Waals surface area contributed by atoms with E-state index >= 15 is 0 Å². The number of aliphatic imine (C=N–C) groups is 1. The van der Waals surface area contributed by atoms with Crippen LogP contribution in [0.4, 0.5) is 10.4 Å². The van der Waals surface area contributed by atoms with Crippen LogP contribution < -0.4 is 5.32 Å². The van der Waals surface area contributed by atoms with E-state index in [1.165, 1.54) is 12.1 Å². The molecule has 4 rings (SSSR count). The number of halogens is 1. The first-order chi connectivity index (χ1) is 11.7. The highest BCUT2D eigenvalue weighted by molar-refractivity contribution is 8.18. The third-order valence-electron chi connectivity index (χ3n) is 3.32. The molecule has 0 atom stereocenters. The zero-order valence-electron chi connectivity index (χ0n) is 12.2. The molecule has 2 aromatic carbocycles. The fourth-order valence-electron chi connectivity index (χ4n) is 2.21. The first-order valence-corrected chi connectivity index (χ1v) is 7.90. The Hall–Kier alpha value is -2.93. The molecule has 0 unspecified atom stereocenters. The van der Waals surface area contributed by atoms with Crippen molar-refractivity contribution in [3.63, 3.8) is 0 Å². The van der Waals surface area contributed by atoms with Gasteiger partial charge >= 0.3 is 6.01 Å². The number of hydrogen-bond acceptors (Lipinski definition) is 5. The van der Waals surface area contributed by atoms with E-state index in [4.69, 9.17) is 4.42 Å². The third-order valence-corrected chi connectivity index (χ3v) is 4.23. The zero-order chi connectivity index (χ0) is 16.5. The van der Waals surface area contributed by atoms with Crippen LogP contribution in [-0.2, 0) is 4.79 Å². The quantitative estimate of drug-likeness (QED) is 0.720. The third kappa shape index (κ3) is 2.81. The molecule has 0 aliphatic carbocycles. The largest absolute Gasteiger partial charge is 0.422 e. The standard InChI is InChI=1S/C17H10FN3O2S/c18-11-6-2-1-5-10(11)9-14-15(22)20-17(24-14)21-16-19-12-7-3-4-8-13(12)23-16/h1-9H,(H,19,20,21,22)/b14-9+. The molecule has 0 radical (unpaired) electrons. The van der Waals surface area contributed by atoms with Gasteiger partial charge in [0.05, 0.1) is 4.91 Å². The van der Waals surface area contributed by atoms with Gasteiger partial charge in [-0.25, -0.2) is 4.39 Å². The second kappa shape index (κ2) is 5.93. The Bertz CT molecular complexity index is 977. The van der Waals surface area contributed by atoms with Crippen LogP contribution >= 0.6 is 11.8 Å². The topological polar surface area (TPSA) is 67.5 Å². The van der Waals surface area contributed by atoms with Gasteiger partial charge < -0.3 is 9.73 Å². The van der Waals surface area contributed by atoms with Gasteiger partial charge in [-0.05, 0) is 36.0 Å². The minimum absolute atomic E-state index is 0.158. The second-order valence-electron chi connectivity index (χ2n) is 4.97. The number of aromatic nitrogens is 1. The smallest absolute Gasteiger partial charge is 0.325 e. The molecule has 1 aliphatic rings. The molecule has 1 aliphatic heterocycles. The molecular weight excluding hydrogens is 329 g/mol. The van der Waals surface area contributed by atoms with Crippen molar-refractivity contribution in [1.29, 1.82) is 0 Å². The number of nitrogens with one attached hydrogen (secondary N) is 1. The number of thioether (sulfide) groups is 1. The fraction of sp³-hybridized carbons (Fsp3) is 0. The predicted molar refractivity (Wildman–Crippen MR) is 91.2 cm³/mol. The van der Waals surface area contributed by atoms with Gasteiger partial charge in [0.2, 0.25) is 0 Å². The van der Waals surface area contributed by atoms with Crippen LogP contribution in [0.15, 0.2) is 62.8 Å². The molecule has 5 nitrogen and oxygen atoms in total. The minimum atomic E-state index is -0.386. The maximum atomic E-state index is 13.7. The van der Waals surface area contributed by atoms with Crippen LogP contribution in [0.5, 0.6) is 0 Å². The normalized spacial score (nSPS) is 17.8. The van der Waals surface area contributed by atoms with Crippen molar-refractivity contribution < 1.29 is 13.6 Å². The van der Waals surface area contributed by atoms with Gasteiger partial charge in [-0.3, -0.25) is 4.79 Å². The maximum Gasteiger partial charge on any atom is 0.325 e. The second-order valence-corrected chi connectivity index (χ2v) is 6.00. The van der Waals surface area contributed by atoms with Crippen LogP contribution in [0.2, 0.25) is 0 Å². The molecule has 2 heterocycles. The Morgan fingerprint density at radius 2 is 1.96 bits per heavy atom. The SMILES string of the molecule is O=C1N/C(=N\c2nc3ccccc3o2)S/C1=C/c1ccccc1F. The van der Waals surface area contributed by atoms with E-state index in [1.807, 2.05) is 18.2 Å². The molecule has 118 valence electrons. The van der Waals surface area contributed by atoms with Gasteiger partial charge in [0.25, 0.3) is 5.91 Å². The summed E-state index contributed by atoms with van der Waals surface area (Å²) in [5, 5.41) is 2.96. The number of benzene rings is 2. The number of nitrogens with zero attached hydrogens (tertiary/aromatic N) is 2. The fourth-order valence-corrected chi connectivity index (χ4v) is 3.01. The van der Waals surface area contributed by atoms with Crippen molar-refractivity contribution in [2.75, 3.05) is 0 Å². The molecule has 1 fully saturated rings. The average molecular weight is 339 g/mol. The van der Waals surface area contributed by atoms with E-state index in [-0.39, 0.29) is 17.7 Å². The van der Waals surface area contributed by atoms with Gasteiger partial charge in [-0.1, -0.05) is 30.3 Å². The monoisotopic (exact) mass is 339 g/mol. The number of carbonyl (C=O) groups is 1. The van der Waals surface area contributed by atoms with E-state index < -0.39 is 0 Å². The number of fused-ring (bicyclic) bond motifs is 1. The molecule has 24 heavy (non-hydrogen) atoms. The van der Waals surface area contributed by atoms with Crippen LogP contribution in [-0.4, -0.2) is 16.1 Å². The van der Waals surface area contributed by atoms with E-state index in [1.54, 1.807) is 24.3 Å². The number of amides is 1. The number of oxazole rings is 1. The number of hydrogen-bond donors (Lipinski definition) is 1. The first kappa shape index (κ1) is 14.6.